The number of hydrogen-bond acceptors (Lipinski definition) is 2. The zero-order valence-corrected chi connectivity index (χ0v) is 6.84. The Morgan fingerprint density at radius 1 is 1.50 bits per heavy atom. The first-order valence-electron chi connectivity index (χ1n) is 3.62. The minimum atomic E-state index is -0.412. The molecule has 0 heterocycles. The van der Waals surface area contributed by atoms with Crippen LogP contribution in [0.2, 0.25) is 0 Å². The second-order valence-corrected chi connectivity index (χ2v) is 2.21. The molecule has 0 atom stereocenters. The maximum atomic E-state index is 12.5. The predicted octanol–water partition coefficient (Wildman–Crippen LogP) is 1.65. The van der Waals surface area contributed by atoms with E-state index in [0.29, 0.717) is 19.0 Å². The first kappa shape index (κ1) is 9.00. The molecule has 0 fully saturated rings. The van der Waals surface area contributed by atoms with Crippen LogP contribution in [0.5, 0.6) is 5.75 Å². The third-order valence-electron chi connectivity index (χ3n) is 1.29. The van der Waals surface area contributed by atoms with Gasteiger partial charge in [-0.3, -0.25) is 0 Å². The molecule has 0 spiro atoms. The zero-order chi connectivity index (χ0) is 8.81. The molecule has 1 radical (unpaired) electrons. The van der Waals surface area contributed by atoms with Crippen molar-refractivity contribution in [3.05, 3.63) is 30.1 Å². The van der Waals surface area contributed by atoms with Crippen molar-refractivity contribution in [1.29, 1.82) is 0 Å². The molecule has 3 heteroatoms. The highest BCUT2D eigenvalue weighted by Crippen LogP contribution is 2.10. The largest absolute Gasteiger partial charge is 0.491 e. The summed E-state index contributed by atoms with van der Waals surface area (Å²) < 4.78 is 22.4. The van der Waals surface area contributed by atoms with Gasteiger partial charge in [-0.25, -0.2) is 4.39 Å². The Balaban J connectivity index is 2.41. The van der Waals surface area contributed by atoms with Gasteiger partial charge in [-0.15, -0.1) is 0 Å². The molecule has 0 saturated carbocycles. The molecule has 0 N–H and O–H groups in total. The van der Waals surface area contributed by atoms with E-state index in [2.05, 4.69) is 6.07 Å². The van der Waals surface area contributed by atoms with Gasteiger partial charge in [0.1, 0.15) is 18.2 Å². The van der Waals surface area contributed by atoms with Crippen molar-refractivity contribution in [2.45, 2.75) is 0 Å². The van der Waals surface area contributed by atoms with Crippen molar-refractivity contribution >= 4 is 0 Å². The molecule has 0 unspecified atom stereocenters. The standard InChI is InChI=1S/C9H10FO2/c1-11-5-6-12-9-4-2-3-8(10)7-9/h2,4,7H,5-6H2,1H3. The van der Waals surface area contributed by atoms with Crippen molar-refractivity contribution in [1.82, 2.24) is 0 Å². The minimum absolute atomic E-state index is 0.412. The van der Waals surface area contributed by atoms with Crippen LogP contribution in [0.3, 0.4) is 0 Å². The number of ether oxygens (including phenoxy) is 2. The van der Waals surface area contributed by atoms with Crippen LogP contribution in [0.15, 0.2) is 18.2 Å². The normalized spacial score (nSPS) is 9.83. The van der Waals surface area contributed by atoms with E-state index in [9.17, 15) is 4.39 Å². The van der Waals surface area contributed by atoms with Crippen LogP contribution in [0, 0.1) is 11.9 Å². The lowest BCUT2D eigenvalue weighted by Crippen LogP contribution is -2.04. The third-order valence-corrected chi connectivity index (χ3v) is 1.29. The number of hydrogen-bond donors (Lipinski definition) is 0. The fourth-order valence-electron chi connectivity index (χ4n) is 0.751. The summed E-state index contributed by atoms with van der Waals surface area (Å²) in [5.74, 6) is 0.0909. The molecule has 0 aliphatic carbocycles. The summed E-state index contributed by atoms with van der Waals surface area (Å²) in [6.07, 6.45) is 0. The Morgan fingerprint density at radius 3 is 3.00 bits per heavy atom. The summed E-state index contributed by atoms with van der Waals surface area (Å²) in [5, 5.41) is 0. The van der Waals surface area contributed by atoms with Crippen LogP contribution in [0.1, 0.15) is 0 Å². The number of benzene rings is 1. The Bertz CT molecular complexity index is 238. The lowest BCUT2D eigenvalue weighted by molar-refractivity contribution is 0.146. The molecule has 0 amide bonds. The number of halogens is 1. The van der Waals surface area contributed by atoms with Gasteiger partial charge in [0.05, 0.1) is 6.61 Å². The lowest BCUT2D eigenvalue weighted by Gasteiger charge is -2.04. The summed E-state index contributed by atoms with van der Waals surface area (Å²) in [5.41, 5.74) is 0. The molecule has 65 valence electrons. The van der Waals surface area contributed by atoms with Crippen LogP contribution < -0.4 is 4.74 Å². The molecule has 1 aromatic rings. The molecular weight excluding hydrogens is 159 g/mol. The molecule has 0 aromatic heterocycles. The Hall–Kier alpha value is -1.09. The molecule has 2 nitrogen and oxygen atoms in total. The lowest BCUT2D eigenvalue weighted by atomic mass is 10.3. The van der Waals surface area contributed by atoms with Gasteiger partial charge in [0.15, 0.2) is 0 Å². The van der Waals surface area contributed by atoms with Crippen LogP contribution in [-0.2, 0) is 4.74 Å². The fourth-order valence-corrected chi connectivity index (χ4v) is 0.751. The van der Waals surface area contributed by atoms with Gasteiger partial charge in [-0.2, -0.15) is 0 Å². The predicted molar refractivity (Wildman–Crippen MR) is 42.6 cm³/mol. The summed E-state index contributed by atoms with van der Waals surface area (Å²) in [6, 6.07) is 6.81. The van der Waals surface area contributed by atoms with Crippen molar-refractivity contribution in [2.24, 2.45) is 0 Å². The van der Waals surface area contributed by atoms with E-state index in [1.54, 1.807) is 13.2 Å². The van der Waals surface area contributed by atoms with E-state index < -0.39 is 5.82 Å². The molecule has 12 heavy (non-hydrogen) atoms. The van der Waals surface area contributed by atoms with Gasteiger partial charge in [-0.05, 0) is 12.1 Å². The Kier molecular flexibility index (Phi) is 3.54. The van der Waals surface area contributed by atoms with Gasteiger partial charge in [0, 0.05) is 19.2 Å². The quantitative estimate of drug-likeness (QED) is 0.638. The maximum Gasteiger partial charge on any atom is 0.134 e. The SMILES string of the molecule is COCCOc1cc[c]c(F)c1. The van der Waals surface area contributed by atoms with Crippen molar-refractivity contribution in [3.63, 3.8) is 0 Å². The maximum absolute atomic E-state index is 12.5. The van der Waals surface area contributed by atoms with Gasteiger partial charge >= 0.3 is 0 Å². The fraction of sp³-hybridized carbons (Fsp3) is 0.333. The van der Waals surface area contributed by atoms with E-state index in [1.165, 1.54) is 12.1 Å². The highest BCUT2D eigenvalue weighted by atomic mass is 19.1. The number of rotatable bonds is 4. The van der Waals surface area contributed by atoms with Crippen molar-refractivity contribution < 1.29 is 13.9 Å². The molecule has 0 bridgehead atoms. The van der Waals surface area contributed by atoms with Crippen LogP contribution >= 0.6 is 0 Å². The van der Waals surface area contributed by atoms with Gasteiger partial charge in [0.2, 0.25) is 0 Å². The number of methoxy groups -OCH3 is 1. The average molecular weight is 169 g/mol. The summed E-state index contributed by atoms with van der Waals surface area (Å²) in [4.78, 5) is 0. The van der Waals surface area contributed by atoms with Crippen LogP contribution in [0.4, 0.5) is 4.39 Å². The first-order chi connectivity index (χ1) is 5.83. The minimum Gasteiger partial charge on any atom is -0.491 e. The highest BCUT2D eigenvalue weighted by Gasteiger charge is 1.94. The first-order valence-corrected chi connectivity index (χ1v) is 3.62. The van der Waals surface area contributed by atoms with E-state index in [1.807, 2.05) is 0 Å². The zero-order valence-electron chi connectivity index (χ0n) is 6.84. The average Bonchev–Trinajstić information content (AvgIpc) is 2.05. The van der Waals surface area contributed by atoms with Crippen LogP contribution in [0.25, 0.3) is 0 Å². The topological polar surface area (TPSA) is 18.5 Å². The van der Waals surface area contributed by atoms with E-state index in [0.717, 1.165) is 0 Å². The molecule has 1 aromatic carbocycles. The van der Waals surface area contributed by atoms with E-state index >= 15 is 0 Å². The Morgan fingerprint density at radius 2 is 2.33 bits per heavy atom. The van der Waals surface area contributed by atoms with Gasteiger partial charge < -0.3 is 9.47 Å². The van der Waals surface area contributed by atoms with Crippen molar-refractivity contribution in [3.8, 4) is 5.75 Å². The molecule has 0 aliphatic heterocycles. The summed E-state index contributed by atoms with van der Waals surface area (Å²) in [6.45, 7) is 0.931. The second-order valence-electron chi connectivity index (χ2n) is 2.21. The molecule has 0 aliphatic rings. The smallest absolute Gasteiger partial charge is 0.134 e. The molecule has 1 rings (SSSR count). The van der Waals surface area contributed by atoms with E-state index in [4.69, 9.17) is 9.47 Å². The van der Waals surface area contributed by atoms with Gasteiger partial charge in [-0.1, -0.05) is 0 Å². The monoisotopic (exact) mass is 169 g/mol. The highest BCUT2D eigenvalue weighted by molar-refractivity contribution is 5.21. The van der Waals surface area contributed by atoms with Crippen molar-refractivity contribution in [2.75, 3.05) is 20.3 Å². The summed E-state index contributed by atoms with van der Waals surface area (Å²) >= 11 is 0. The Labute approximate surface area is 70.9 Å². The van der Waals surface area contributed by atoms with Gasteiger partial charge in [0.25, 0.3) is 0 Å². The third kappa shape index (κ3) is 2.88. The van der Waals surface area contributed by atoms with Crippen LogP contribution in [-0.4, -0.2) is 20.3 Å². The van der Waals surface area contributed by atoms with E-state index in [-0.39, 0.29) is 0 Å². The summed E-state index contributed by atoms with van der Waals surface area (Å²) in [7, 11) is 1.59. The molecule has 0 saturated heterocycles. The molecular formula is C9H10FO2. The second kappa shape index (κ2) is 4.72.